The fourth-order valence-corrected chi connectivity index (χ4v) is 4.31. The Morgan fingerprint density at radius 3 is 2.38 bits per heavy atom. The Kier molecular flexibility index (Phi) is 1.98. The van der Waals surface area contributed by atoms with E-state index in [1.54, 1.807) is 0 Å². The summed E-state index contributed by atoms with van der Waals surface area (Å²) in [5.74, 6) is 0. The molecular formula is C15H25N. The van der Waals surface area contributed by atoms with Crippen LogP contribution in [0.25, 0.3) is 0 Å². The lowest BCUT2D eigenvalue weighted by Gasteiger charge is -2.40. The standard InChI is InChI=1S/C15H25N/c1-12-5-10-16-14(6-7-14)8-9-15(12,16)11-13(2,3)4/h1,5-11H2,2-4H3. The molecule has 0 aromatic heterocycles. The van der Waals surface area contributed by atoms with Gasteiger partial charge in [-0.2, -0.15) is 0 Å². The van der Waals surface area contributed by atoms with Gasteiger partial charge in [-0.05, 0) is 43.9 Å². The summed E-state index contributed by atoms with van der Waals surface area (Å²) >= 11 is 0. The predicted octanol–water partition coefficient (Wildman–Crippen LogP) is 3.75. The van der Waals surface area contributed by atoms with Gasteiger partial charge in [0, 0.05) is 17.6 Å². The van der Waals surface area contributed by atoms with E-state index >= 15 is 0 Å². The second-order valence-corrected chi connectivity index (χ2v) is 7.50. The van der Waals surface area contributed by atoms with Crippen molar-refractivity contribution in [3.05, 3.63) is 12.2 Å². The SMILES string of the molecule is C=C1CCN2C3(CC3)CCC12CC(C)(C)C. The minimum Gasteiger partial charge on any atom is -0.288 e. The first-order valence-electron chi connectivity index (χ1n) is 6.84. The van der Waals surface area contributed by atoms with Gasteiger partial charge in [0.1, 0.15) is 0 Å². The van der Waals surface area contributed by atoms with Crippen molar-refractivity contribution >= 4 is 0 Å². The van der Waals surface area contributed by atoms with Crippen molar-refractivity contribution in [2.75, 3.05) is 6.54 Å². The maximum atomic E-state index is 4.40. The second-order valence-electron chi connectivity index (χ2n) is 7.50. The molecule has 1 nitrogen and oxygen atoms in total. The minimum absolute atomic E-state index is 0.384. The van der Waals surface area contributed by atoms with Gasteiger partial charge in [-0.25, -0.2) is 0 Å². The first kappa shape index (κ1) is 10.8. The summed E-state index contributed by atoms with van der Waals surface area (Å²) in [4.78, 5) is 2.85. The van der Waals surface area contributed by atoms with Crippen LogP contribution in [0.4, 0.5) is 0 Å². The summed E-state index contributed by atoms with van der Waals surface area (Å²) < 4.78 is 0. The number of nitrogens with zero attached hydrogens (tertiary/aromatic N) is 1. The Balaban J connectivity index is 1.93. The van der Waals surface area contributed by atoms with Crippen molar-refractivity contribution in [3.8, 4) is 0 Å². The predicted molar refractivity (Wildman–Crippen MR) is 68.5 cm³/mol. The number of hydrogen-bond donors (Lipinski definition) is 0. The van der Waals surface area contributed by atoms with Crippen LogP contribution >= 0.6 is 0 Å². The first-order chi connectivity index (χ1) is 7.38. The molecule has 1 aliphatic carbocycles. The van der Waals surface area contributed by atoms with E-state index in [2.05, 4.69) is 32.3 Å². The Bertz CT molecular complexity index is 332. The zero-order valence-electron chi connectivity index (χ0n) is 11.1. The highest BCUT2D eigenvalue weighted by atomic mass is 15.3. The van der Waals surface area contributed by atoms with Gasteiger partial charge in [0.25, 0.3) is 0 Å². The molecule has 3 aliphatic rings. The van der Waals surface area contributed by atoms with E-state index in [0.717, 1.165) is 0 Å². The molecule has 16 heavy (non-hydrogen) atoms. The van der Waals surface area contributed by atoms with Crippen LogP contribution in [-0.2, 0) is 0 Å². The summed E-state index contributed by atoms with van der Waals surface area (Å²) in [5.41, 5.74) is 2.97. The van der Waals surface area contributed by atoms with Gasteiger partial charge < -0.3 is 0 Å². The van der Waals surface area contributed by atoms with Crippen molar-refractivity contribution < 1.29 is 0 Å². The Hall–Kier alpha value is -0.300. The van der Waals surface area contributed by atoms with Crippen LogP contribution in [0.2, 0.25) is 0 Å². The summed E-state index contributed by atoms with van der Waals surface area (Å²) in [5, 5.41) is 0. The lowest BCUT2D eigenvalue weighted by atomic mass is 9.75. The van der Waals surface area contributed by atoms with Crippen LogP contribution in [0.3, 0.4) is 0 Å². The number of hydrogen-bond acceptors (Lipinski definition) is 1. The van der Waals surface area contributed by atoms with Crippen LogP contribution < -0.4 is 0 Å². The largest absolute Gasteiger partial charge is 0.288 e. The molecule has 90 valence electrons. The van der Waals surface area contributed by atoms with Gasteiger partial charge in [-0.1, -0.05) is 32.9 Å². The fourth-order valence-electron chi connectivity index (χ4n) is 4.31. The highest BCUT2D eigenvalue weighted by Gasteiger charge is 2.63. The average molecular weight is 219 g/mol. The maximum absolute atomic E-state index is 4.40. The molecule has 1 atom stereocenters. The summed E-state index contributed by atoms with van der Waals surface area (Å²) in [6.07, 6.45) is 8.27. The Labute approximate surface area is 99.9 Å². The molecule has 2 aliphatic heterocycles. The molecule has 0 amide bonds. The average Bonchev–Trinajstić information content (AvgIpc) is 2.78. The first-order valence-corrected chi connectivity index (χ1v) is 6.84. The summed E-state index contributed by atoms with van der Waals surface area (Å²) in [7, 11) is 0. The van der Waals surface area contributed by atoms with Crippen molar-refractivity contribution in [2.45, 2.75) is 70.4 Å². The van der Waals surface area contributed by atoms with Crippen LogP contribution in [0.15, 0.2) is 12.2 Å². The van der Waals surface area contributed by atoms with Gasteiger partial charge >= 0.3 is 0 Å². The number of rotatable bonds is 1. The van der Waals surface area contributed by atoms with E-state index in [-0.39, 0.29) is 0 Å². The molecule has 0 N–H and O–H groups in total. The van der Waals surface area contributed by atoms with Crippen molar-refractivity contribution in [3.63, 3.8) is 0 Å². The molecule has 0 radical (unpaired) electrons. The summed E-state index contributed by atoms with van der Waals surface area (Å²) in [6.45, 7) is 12.8. The van der Waals surface area contributed by atoms with E-state index in [9.17, 15) is 0 Å². The maximum Gasteiger partial charge on any atom is 0.0429 e. The third kappa shape index (κ3) is 1.33. The molecule has 2 saturated heterocycles. The zero-order chi connectivity index (χ0) is 11.6. The fraction of sp³-hybridized carbons (Fsp3) is 0.867. The lowest BCUT2D eigenvalue weighted by Crippen LogP contribution is -2.46. The van der Waals surface area contributed by atoms with Crippen molar-refractivity contribution in [2.24, 2.45) is 5.41 Å². The molecule has 3 fully saturated rings. The molecular weight excluding hydrogens is 194 g/mol. The molecule has 0 aromatic carbocycles. The number of fused-ring (bicyclic) bond motifs is 2. The minimum atomic E-state index is 0.384. The topological polar surface area (TPSA) is 3.24 Å². The molecule has 0 bridgehead atoms. The van der Waals surface area contributed by atoms with E-state index in [4.69, 9.17) is 0 Å². The van der Waals surface area contributed by atoms with Crippen LogP contribution in [0.5, 0.6) is 0 Å². The molecule has 1 unspecified atom stereocenters. The van der Waals surface area contributed by atoms with Gasteiger partial charge in [0.05, 0.1) is 0 Å². The molecule has 1 heteroatoms. The van der Waals surface area contributed by atoms with Gasteiger partial charge in [-0.3, -0.25) is 4.90 Å². The van der Waals surface area contributed by atoms with E-state index in [0.29, 0.717) is 16.5 Å². The van der Waals surface area contributed by atoms with Crippen molar-refractivity contribution in [1.29, 1.82) is 0 Å². The second kappa shape index (κ2) is 2.93. The third-order valence-electron chi connectivity index (χ3n) is 5.04. The molecule has 1 spiro atoms. The monoisotopic (exact) mass is 219 g/mol. The molecule has 2 heterocycles. The normalized spacial score (nSPS) is 37.1. The van der Waals surface area contributed by atoms with Gasteiger partial charge in [0.2, 0.25) is 0 Å². The third-order valence-corrected chi connectivity index (χ3v) is 5.04. The molecule has 0 aromatic rings. The van der Waals surface area contributed by atoms with Gasteiger partial charge in [-0.15, -0.1) is 0 Å². The van der Waals surface area contributed by atoms with E-state index in [1.165, 1.54) is 50.6 Å². The summed E-state index contributed by atoms with van der Waals surface area (Å²) in [6, 6.07) is 0. The zero-order valence-corrected chi connectivity index (χ0v) is 11.1. The highest BCUT2D eigenvalue weighted by Crippen LogP contribution is 2.62. The Morgan fingerprint density at radius 2 is 1.81 bits per heavy atom. The van der Waals surface area contributed by atoms with Gasteiger partial charge in [0.15, 0.2) is 0 Å². The van der Waals surface area contributed by atoms with E-state index in [1.807, 2.05) is 0 Å². The Morgan fingerprint density at radius 1 is 1.19 bits per heavy atom. The van der Waals surface area contributed by atoms with Crippen LogP contribution in [0.1, 0.15) is 59.3 Å². The molecule has 1 saturated carbocycles. The molecule has 3 rings (SSSR count). The van der Waals surface area contributed by atoms with E-state index < -0.39 is 0 Å². The van der Waals surface area contributed by atoms with Crippen LogP contribution in [0, 0.1) is 5.41 Å². The quantitative estimate of drug-likeness (QED) is 0.607. The lowest BCUT2D eigenvalue weighted by molar-refractivity contribution is 0.113. The highest BCUT2D eigenvalue weighted by molar-refractivity contribution is 5.32. The smallest absolute Gasteiger partial charge is 0.0429 e. The van der Waals surface area contributed by atoms with Crippen LogP contribution in [-0.4, -0.2) is 22.5 Å². The van der Waals surface area contributed by atoms with Crippen molar-refractivity contribution in [1.82, 2.24) is 4.90 Å².